The van der Waals surface area contributed by atoms with Crippen molar-refractivity contribution in [1.82, 2.24) is 9.88 Å². The lowest BCUT2D eigenvalue weighted by molar-refractivity contribution is -0.314. The van der Waals surface area contributed by atoms with Crippen LogP contribution in [-0.2, 0) is 47.5 Å². The van der Waals surface area contributed by atoms with Crippen LogP contribution in [0.5, 0.6) is 0 Å². The number of hydrogen-bond acceptors (Lipinski definition) is 13. The number of nitrogens with zero attached hydrogens (tertiary/aromatic N) is 2. The predicted octanol–water partition coefficient (Wildman–Crippen LogP) is 8.45. The zero-order valence-electron chi connectivity index (χ0n) is 37.8. The molecular weight excluding hydrogens is 877 g/mol. The Bertz CT molecular complexity index is 1910. The van der Waals surface area contributed by atoms with Crippen molar-refractivity contribution >= 4 is 39.0 Å². The Kier molecular flexibility index (Phi) is 14.8. The Morgan fingerprint density at radius 2 is 1.61 bits per heavy atom. The van der Waals surface area contributed by atoms with Gasteiger partial charge in [-0.15, -0.1) is 11.3 Å². The highest BCUT2D eigenvalue weighted by atomic mass is 79.9. The molecule has 3 saturated heterocycles. The van der Waals surface area contributed by atoms with Crippen molar-refractivity contribution in [2.24, 2.45) is 23.7 Å². The molecular formula is C48H67BrN2O10S. The molecule has 2 aromatic rings. The van der Waals surface area contributed by atoms with E-state index in [2.05, 4.69) is 67.0 Å². The summed E-state index contributed by atoms with van der Waals surface area (Å²) in [6.45, 7) is 8.18. The molecule has 0 amide bonds. The number of Topliss-reactive ketones (excluding diaryl/α,β-unsaturated/α-hetero) is 1. The van der Waals surface area contributed by atoms with Crippen LogP contribution < -0.4 is 0 Å². The van der Waals surface area contributed by atoms with E-state index in [0.29, 0.717) is 18.0 Å². The smallest absolute Gasteiger partial charge is 0.306 e. The standard InChI is InChI=1S/C48H67BrN2O10S/c1-10-29-12-11-13-37(61-39-19-18-36(51(5)6)25(3)57-39)24(2)42(53)34-22-32-31-20-30(60-48-45(56-9)44(55-8)43(54-7)26(4)58-48)21-35(31)46-41(40(32)33(34)23-38(52)59-29)50-47(62-46)27-14-16-28(49)17-15-27/h14-17,22,24-26,29-33,35-37,39-40,43-45,48H,10-13,18-21,23H2,1-9H3/t24-,25-,26+,29+,30+,31+,32+,33-,35-,36+,37+,39+,40-,43+,44-,45-,48+/m1/s1. The lowest BCUT2D eigenvalue weighted by Crippen LogP contribution is -2.59. The van der Waals surface area contributed by atoms with E-state index in [-0.39, 0.29) is 96.8 Å². The zero-order valence-corrected chi connectivity index (χ0v) is 40.2. The maximum Gasteiger partial charge on any atom is 0.306 e. The van der Waals surface area contributed by atoms with Crippen LogP contribution in [0.1, 0.15) is 108 Å². The summed E-state index contributed by atoms with van der Waals surface area (Å²) in [5.74, 6) is -0.948. The number of ketones is 1. The number of benzene rings is 1. The van der Waals surface area contributed by atoms with Crippen molar-refractivity contribution < 1.29 is 47.5 Å². The molecule has 342 valence electrons. The molecule has 14 heteroatoms. The van der Waals surface area contributed by atoms with E-state index < -0.39 is 18.3 Å². The van der Waals surface area contributed by atoms with Crippen LogP contribution in [0.25, 0.3) is 10.6 Å². The number of fused-ring (bicyclic) bond motifs is 8. The van der Waals surface area contributed by atoms with Gasteiger partial charge in [0.15, 0.2) is 18.4 Å². The fraction of sp³-hybridized carbons (Fsp3) is 0.729. The quantitative estimate of drug-likeness (QED) is 0.213. The summed E-state index contributed by atoms with van der Waals surface area (Å²) < 4.78 is 51.6. The first kappa shape index (κ1) is 46.4. The Morgan fingerprint density at radius 1 is 0.871 bits per heavy atom. The molecule has 1 aromatic heterocycles. The van der Waals surface area contributed by atoms with Crippen LogP contribution in [0.2, 0.25) is 0 Å². The average molecular weight is 944 g/mol. The third-order valence-electron chi connectivity index (χ3n) is 15.0. The van der Waals surface area contributed by atoms with E-state index in [1.165, 1.54) is 4.88 Å². The molecule has 1 aromatic carbocycles. The van der Waals surface area contributed by atoms with Gasteiger partial charge < -0.3 is 42.8 Å². The molecule has 17 atom stereocenters. The number of allylic oxidation sites excluding steroid dienone is 2. The summed E-state index contributed by atoms with van der Waals surface area (Å²) >= 11 is 5.34. The van der Waals surface area contributed by atoms with Gasteiger partial charge in [-0.25, -0.2) is 4.98 Å². The molecule has 3 aliphatic carbocycles. The molecule has 0 radical (unpaired) electrons. The maximum absolute atomic E-state index is 15.2. The van der Waals surface area contributed by atoms with Crippen molar-refractivity contribution in [3.05, 3.63) is 51.0 Å². The number of likely N-dealkylation sites (N-methyl/N-ethyl adjacent to an activating group) is 1. The second-order valence-corrected chi connectivity index (χ2v) is 20.7. The van der Waals surface area contributed by atoms with Gasteiger partial charge in [-0.3, -0.25) is 9.59 Å². The summed E-state index contributed by atoms with van der Waals surface area (Å²) in [6.07, 6.45) is 5.31. The van der Waals surface area contributed by atoms with Gasteiger partial charge in [0.25, 0.3) is 0 Å². The summed E-state index contributed by atoms with van der Waals surface area (Å²) in [4.78, 5) is 38.2. The average Bonchev–Trinajstić information content (AvgIpc) is 3.97. The summed E-state index contributed by atoms with van der Waals surface area (Å²) in [5.41, 5.74) is 2.74. The Balaban J connectivity index is 1.14. The molecule has 0 N–H and O–H groups in total. The van der Waals surface area contributed by atoms with Crippen LogP contribution >= 0.6 is 27.3 Å². The molecule has 6 aliphatic rings. The first-order chi connectivity index (χ1) is 29.8. The minimum atomic E-state index is -0.658. The van der Waals surface area contributed by atoms with Crippen LogP contribution in [0, 0.1) is 23.7 Å². The second kappa shape index (κ2) is 19.8. The van der Waals surface area contributed by atoms with Crippen LogP contribution in [0.15, 0.2) is 40.4 Å². The van der Waals surface area contributed by atoms with Gasteiger partial charge in [-0.05, 0) is 109 Å². The van der Waals surface area contributed by atoms with E-state index in [9.17, 15) is 4.79 Å². The summed E-state index contributed by atoms with van der Waals surface area (Å²) in [7, 11) is 9.16. The third kappa shape index (κ3) is 9.18. The normalized spacial score (nSPS) is 40.1. The molecule has 1 saturated carbocycles. The second-order valence-electron chi connectivity index (χ2n) is 18.8. The maximum atomic E-state index is 15.2. The third-order valence-corrected chi connectivity index (χ3v) is 16.8. The van der Waals surface area contributed by atoms with Gasteiger partial charge in [0.2, 0.25) is 0 Å². The predicted molar refractivity (Wildman–Crippen MR) is 239 cm³/mol. The number of hydrogen-bond donors (Lipinski definition) is 0. The molecule has 0 unspecified atom stereocenters. The molecule has 0 bridgehead atoms. The zero-order chi connectivity index (χ0) is 44.0. The molecule has 3 aliphatic heterocycles. The molecule has 4 heterocycles. The Labute approximate surface area is 380 Å². The van der Waals surface area contributed by atoms with Gasteiger partial charge in [-0.1, -0.05) is 48.0 Å². The van der Waals surface area contributed by atoms with E-state index in [1.54, 1.807) is 32.7 Å². The Morgan fingerprint density at radius 3 is 2.29 bits per heavy atom. The number of methoxy groups -OCH3 is 3. The summed E-state index contributed by atoms with van der Waals surface area (Å²) in [6, 6.07) is 8.58. The molecule has 62 heavy (non-hydrogen) atoms. The molecule has 0 spiro atoms. The number of aromatic nitrogens is 1. The van der Waals surface area contributed by atoms with E-state index in [1.807, 2.05) is 26.0 Å². The number of carbonyl (C=O) groups is 2. The lowest BCUT2D eigenvalue weighted by atomic mass is 9.67. The largest absolute Gasteiger partial charge is 0.462 e. The number of ether oxygens (including phenoxy) is 8. The van der Waals surface area contributed by atoms with Gasteiger partial charge in [0.05, 0.1) is 36.5 Å². The van der Waals surface area contributed by atoms with Crippen molar-refractivity contribution in [1.29, 1.82) is 0 Å². The fourth-order valence-corrected chi connectivity index (χ4v) is 13.4. The highest BCUT2D eigenvalue weighted by Crippen LogP contribution is 2.63. The molecule has 4 fully saturated rings. The lowest BCUT2D eigenvalue weighted by Gasteiger charge is -2.44. The van der Waals surface area contributed by atoms with Crippen molar-refractivity contribution in [2.45, 2.75) is 165 Å². The number of halogens is 1. The van der Waals surface area contributed by atoms with Gasteiger partial charge >= 0.3 is 5.97 Å². The fourth-order valence-electron chi connectivity index (χ4n) is 11.8. The van der Waals surface area contributed by atoms with Crippen molar-refractivity contribution in [3.63, 3.8) is 0 Å². The molecule has 8 rings (SSSR count). The van der Waals surface area contributed by atoms with Gasteiger partial charge in [0, 0.05) is 66.0 Å². The number of thiazole rings is 1. The Hall–Kier alpha value is -2.11. The number of cyclic esters (lactones) is 1. The van der Waals surface area contributed by atoms with E-state index in [0.717, 1.165) is 65.7 Å². The SMILES string of the molecule is CC[C@H]1CCC[C@H](O[C@H]2CC[C@H](N(C)C)[C@@H](C)O2)[C@@H](C)C(=O)C2=C[C@H]3[C@@H]4C[C@H](O[C@@H]5O[C@@H](C)[C@H](OC)[C@@H](OC)[C@H]5OC)C[C@H]4c4sc(-c5ccc(Br)cc5)nc4[C@H]3[C@@H]2CC(=O)O1. The van der Waals surface area contributed by atoms with Crippen molar-refractivity contribution in [3.8, 4) is 10.6 Å². The van der Waals surface area contributed by atoms with Crippen LogP contribution in [0.3, 0.4) is 0 Å². The van der Waals surface area contributed by atoms with Gasteiger partial charge in [0.1, 0.15) is 29.4 Å². The minimum absolute atomic E-state index is 0.00819. The first-order valence-electron chi connectivity index (χ1n) is 22.9. The summed E-state index contributed by atoms with van der Waals surface area (Å²) in [5, 5.41) is 0.935. The first-order valence-corrected chi connectivity index (χ1v) is 24.5. The number of esters is 1. The number of carbonyl (C=O) groups excluding carboxylic acids is 2. The van der Waals surface area contributed by atoms with Crippen molar-refractivity contribution in [2.75, 3.05) is 35.4 Å². The van der Waals surface area contributed by atoms with Crippen LogP contribution in [0.4, 0.5) is 0 Å². The monoisotopic (exact) mass is 942 g/mol. The van der Waals surface area contributed by atoms with Gasteiger partial charge in [-0.2, -0.15) is 0 Å². The topological polar surface area (TPSA) is 124 Å². The highest BCUT2D eigenvalue weighted by Gasteiger charge is 2.57. The molecule has 12 nitrogen and oxygen atoms in total. The number of rotatable bonds is 10. The van der Waals surface area contributed by atoms with E-state index in [4.69, 9.17) is 42.9 Å². The highest BCUT2D eigenvalue weighted by molar-refractivity contribution is 9.10. The van der Waals surface area contributed by atoms with Crippen LogP contribution in [-0.4, -0.2) is 125 Å². The van der Waals surface area contributed by atoms with E-state index >= 15 is 4.79 Å². The minimum Gasteiger partial charge on any atom is -0.462 e.